The van der Waals surface area contributed by atoms with Gasteiger partial charge in [-0.1, -0.05) is 0 Å². The number of hydrogen-bond donors (Lipinski definition) is 0. The summed E-state index contributed by atoms with van der Waals surface area (Å²) in [6.07, 6.45) is 0. The van der Waals surface area contributed by atoms with Gasteiger partial charge in [0.25, 0.3) is 0 Å². The van der Waals surface area contributed by atoms with Gasteiger partial charge in [0.1, 0.15) is 0 Å². The van der Waals surface area contributed by atoms with E-state index in [1.807, 2.05) is 0 Å². The van der Waals surface area contributed by atoms with E-state index in [0.29, 0.717) is 0 Å². The molecule has 0 N–H and O–H groups in total. The van der Waals surface area contributed by atoms with Crippen molar-refractivity contribution in [3.63, 3.8) is 0 Å². The van der Waals surface area contributed by atoms with E-state index in [9.17, 15) is 44.7 Å². The Morgan fingerprint density at radius 3 is 1.03 bits per heavy atom. The van der Waals surface area contributed by atoms with E-state index in [4.69, 9.17) is 26.1 Å². The molecule has 9 aromatic carbocycles. The van der Waals surface area contributed by atoms with Crippen molar-refractivity contribution in [2.75, 3.05) is 0 Å². The van der Waals surface area contributed by atoms with Crippen LogP contribution in [-0.4, -0.2) is 5.97 Å². The van der Waals surface area contributed by atoms with E-state index in [-0.39, 0.29) is 51.0 Å². The van der Waals surface area contributed by atoms with Gasteiger partial charge in [-0.25, -0.2) is 0 Å². The first-order valence-corrected chi connectivity index (χ1v) is 26.4. The Morgan fingerprint density at radius 1 is 0.322 bits per heavy atom. The van der Waals surface area contributed by atoms with Crippen LogP contribution in [0.25, 0.3) is 55.0 Å². The molecule has 0 aliphatic rings. The molecular weight excluding hydrogens is 1340 g/mol. The fraction of sp³-hybridized carbons (Fsp3) is 0. The first-order valence-electron chi connectivity index (χ1n) is 23.4. The molecule has 0 spiro atoms. The van der Waals surface area contributed by atoms with Crippen LogP contribution >= 0.6 is 20.2 Å². The van der Waals surface area contributed by atoms with Crippen LogP contribution in [0.3, 0.4) is 0 Å². The molecule has 2 aromatic heterocycles. The third kappa shape index (κ3) is 9.47. The quantitative estimate of drug-likeness (QED) is 0.0410. The van der Waals surface area contributed by atoms with E-state index >= 15 is 57.5 Å². The van der Waals surface area contributed by atoms with E-state index in [1.54, 1.807) is 0 Å². The van der Waals surface area contributed by atoms with Gasteiger partial charge in [0.2, 0.25) is 0 Å². The van der Waals surface area contributed by atoms with Crippen molar-refractivity contribution in [3.05, 3.63) is 240 Å². The average Bonchev–Trinajstić information content (AvgIpc) is 0.884. The fourth-order valence-corrected chi connectivity index (χ4v) is 12.6. The van der Waals surface area contributed by atoms with Gasteiger partial charge in [-0.2, -0.15) is 0 Å². The molecule has 9 nitrogen and oxygen atoms in total. The summed E-state index contributed by atoms with van der Waals surface area (Å²) < 4.78 is 339. The number of para-hydroxylation sites is 2. The van der Waals surface area contributed by atoms with Crippen LogP contribution in [0.5, 0.6) is 34.5 Å². The van der Waals surface area contributed by atoms with Crippen LogP contribution < -0.4 is 25.1 Å². The summed E-state index contributed by atoms with van der Waals surface area (Å²) >= 11 is -4.80. The zero-order chi connectivity index (χ0) is 62.7. The van der Waals surface area contributed by atoms with Crippen molar-refractivity contribution < 1.29 is 119 Å². The summed E-state index contributed by atoms with van der Waals surface area (Å²) in [7, 11) is 0. The van der Waals surface area contributed by atoms with E-state index < -0.39 is 211 Å². The van der Waals surface area contributed by atoms with Gasteiger partial charge < -0.3 is 0 Å². The van der Waals surface area contributed by atoms with E-state index in [2.05, 4.69) is 0 Å². The summed E-state index contributed by atoms with van der Waals surface area (Å²) in [5, 5.41) is -0.856. The van der Waals surface area contributed by atoms with Crippen molar-refractivity contribution in [1.29, 1.82) is 0 Å². The average molecular weight is 1350 g/mol. The number of benzene rings is 9. The summed E-state index contributed by atoms with van der Waals surface area (Å²) in [6, 6.07) is 17.0. The van der Waals surface area contributed by atoms with Gasteiger partial charge in [-0.15, -0.1) is 0 Å². The molecule has 0 fully saturated rings. The first-order chi connectivity index (χ1) is 41.2. The number of fused-ring (bicyclic) bond motifs is 4. The molecule has 11 aromatic rings. The van der Waals surface area contributed by atoms with Gasteiger partial charge in [0.15, 0.2) is 0 Å². The van der Waals surface area contributed by atoms with Gasteiger partial charge in [-0.3, -0.25) is 0 Å². The summed E-state index contributed by atoms with van der Waals surface area (Å²) in [5.41, 5.74) is -9.41. The number of carbonyl (C=O) groups is 1. The SMILES string of the molecule is O=C(OI(c1ccc2oc3ccccc3c(=O)c2c1)c1ccc2oc3ccccc3c(=O)c2c1)c1cc(Oc2c(F)c(F)c(F)c(F)c2F)c(Oc2c(F)c(F)c(F)c(F)c2F)c(Oc2c(F)c(F)c(F)c(F)c2F)c1-c1c(F)c(F)c(F)c(F)c1F. The predicted molar refractivity (Wildman–Crippen MR) is 267 cm³/mol. The maximum atomic E-state index is 16.6. The van der Waals surface area contributed by atoms with Crippen LogP contribution in [0.4, 0.5) is 87.8 Å². The first kappa shape index (κ1) is 58.9. The molecule has 2 heterocycles. The summed E-state index contributed by atoms with van der Waals surface area (Å²) in [5.74, 6) is -81.3. The third-order valence-corrected chi connectivity index (χ3v) is 17.1. The van der Waals surface area contributed by atoms with Crippen molar-refractivity contribution in [2.24, 2.45) is 0 Å². The molecule has 11 rings (SSSR count). The predicted octanol–water partition coefficient (Wildman–Crippen LogP) is 17.3. The minimum atomic E-state index is -4.80. The van der Waals surface area contributed by atoms with E-state index in [0.717, 1.165) is 36.4 Å². The molecule has 0 aliphatic carbocycles. The van der Waals surface area contributed by atoms with Crippen molar-refractivity contribution in [2.45, 2.75) is 0 Å². The number of halogens is 21. The number of rotatable bonds is 11. The van der Waals surface area contributed by atoms with Crippen LogP contribution in [-0.2, 0) is 3.07 Å². The molecule has 30 heteroatoms. The molecule has 0 bridgehead atoms. The van der Waals surface area contributed by atoms with Crippen molar-refractivity contribution >= 4 is 70.1 Å². The molecule has 0 atom stereocenters. The number of ether oxygens (including phenoxy) is 3. The van der Waals surface area contributed by atoms with Crippen LogP contribution in [0.15, 0.2) is 109 Å². The van der Waals surface area contributed by atoms with Crippen LogP contribution in [0.1, 0.15) is 10.4 Å². The molecule has 0 unspecified atom stereocenters. The van der Waals surface area contributed by atoms with Crippen LogP contribution in [0, 0.1) is 123 Å². The summed E-state index contributed by atoms with van der Waals surface area (Å²) in [4.78, 5) is 43.5. The molecule has 0 saturated carbocycles. The third-order valence-electron chi connectivity index (χ3n) is 12.6. The number of carbonyl (C=O) groups excluding carboxylic acids is 1. The van der Waals surface area contributed by atoms with Gasteiger partial charge in [0, 0.05) is 0 Å². The van der Waals surface area contributed by atoms with Crippen LogP contribution in [0.2, 0.25) is 0 Å². The zero-order valence-electron chi connectivity index (χ0n) is 41.3. The Kier molecular flexibility index (Phi) is 14.8. The summed E-state index contributed by atoms with van der Waals surface area (Å²) in [6.45, 7) is 0. The Morgan fingerprint density at radius 2 is 0.644 bits per heavy atom. The zero-order valence-corrected chi connectivity index (χ0v) is 43.4. The molecule has 0 saturated heterocycles. The monoisotopic (exact) mass is 1350 g/mol. The Hall–Kier alpha value is -9.88. The Labute approximate surface area is 473 Å². The number of hydrogen-bond acceptors (Lipinski definition) is 9. The fourth-order valence-electron chi connectivity index (χ4n) is 8.55. The molecule has 444 valence electrons. The van der Waals surface area contributed by atoms with E-state index in [1.165, 1.54) is 48.5 Å². The van der Waals surface area contributed by atoms with Crippen molar-refractivity contribution in [3.8, 4) is 45.6 Å². The molecule has 0 radical (unpaired) electrons. The minimum absolute atomic E-state index is 0.0130. The van der Waals surface area contributed by atoms with Gasteiger partial charge in [0.05, 0.1) is 0 Å². The second kappa shape index (κ2) is 21.9. The van der Waals surface area contributed by atoms with Crippen molar-refractivity contribution in [1.82, 2.24) is 0 Å². The topological polar surface area (TPSA) is 114 Å². The Balaban J connectivity index is 1.28. The maximum absolute atomic E-state index is 16.6. The standard InChI is InChI=1S/C57H15F20IO9/c58-30-29(31(59)33(61)34(62)32(30)60)28-22(57(81)87-78(16-9-11-25-20(13-16)50(79)18-5-1-3-7-23(18)82-25)17-10-12-26-21(14-17)51(80)19-6-2-4-8-24(19)83-26)15-27(84-54-44(72)38(66)35(63)39(67)45(54)73)52(85-55-46(74)40(68)36(64)41(69)47(55)75)53(28)86-56-48(76)42(70)37(65)43(71)49(56)77/h1-15H. The Bertz CT molecular complexity index is 4750. The second-order valence-electron chi connectivity index (χ2n) is 17.7. The second-order valence-corrected chi connectivity index (χ2v) is 22.0. The molecule has 0 amide bonds. The van der Waals surface area contributed by atoms with Gasteiger partial charge >= 0.3 is 475 Å². The van der Waals surface area contributed by atoms with Gasteiger partial charge in [-0.05, 0) is 0 Å². The normalized spacial score (nSPS) is 11.8. The molecule has 87 heavy (non-hydrogen) atoms. The molecule has 0 aliphatic heterocycles. The molecular formula is C57H15F20IO9.